The molecule has 0 aromatic rings. The Kier molecular flexibility index (Phi) is 5.71. The zero-order chi connectivity index (χ0) is 12.7. The first-order valence-electron chi connectivity index (χ1n) is 6.37. The van der Waals surface area contributed by atoms with Gasteiger partial charge in [0.2, 0.25) is 0 Å². The maximum atomic E-state index is 11.5. The zero-order valence-corrected chi connectivity index (χ0v) is 10.8. The van der Waals surface area contributed by atoms with Crippen LogP contribution in [0, 0.1) is 0 Å². The van der Waals surface area contributed by atoms with Crippen LogP contribution in [0.4, 0.5) is 4.79 Å². The second kappa shape index (κ2) is 6.81. The summed E-state index contributed by atoms with van der Waals surface area (Å²) >= 11 is 0. The van der Waals surface area contributed by atoms with Crippen LogP contribution in [0.5, 0.6) is 0 Å². The predicted molar refractivity (Wildman–Crippen MR) is 65.9 cm³/mol. The first-order chi connectivity index (χ1) is 8.12. The number of nitrogens with one attached hydrogen (secondary N) is 2. The molecule has 0 radical (unpaired) electrons. The molecule has 1 atom stereocenters. The third-order valence-corrected chi connectivity index (χ3v) is 3.39. The summed E-state index contributed by atoms with van der Waals surface area (Å²) in [5.74, 6) is 0. The number of amides is 2. The smallest absolute Gasteiger partial charge is 0.314 e. The molecule has 3 N–H and O–H groups in total. The van der Waals surface area contributed by atoms with Crippen LogP contribution in [-0.4, -0.2) is 43.0 Å². The largest absolute Gasteiger partial charge is 0.391 e. The number of hydrogen-bond donors (Lipinski definition) is 3. The fourth-order valence-electron chi connectivity index (χ4n) is 1.97. The number of rotatable bonds is 7. The van der Waals surface area contributed by atoms with Gasteiger partial charge in [0.05, 0.1) is 11.7 Å². The van der Waals surface area contributed by atoms with E-state index in [1.807, 2.05) is 6.92 Å². The summed E-state index contributed by atoms with van der Waals surface area (Å²) < 4.78 is 5.40. The Hall–Kier alpha value is -0.810. The van der Waals surface area contributed by atoms with Crippen LogP contribution < -0.4 is 10.6 Å². The number of carbonyl (C=O) groups excluding carboxylic acids is 1. The molecule has 1 unspecified atom stereocenters. The molecule has 1 aliphatic rings. The van der Waals surface area contributed by atoms with Crippen LogP contribution in [0.3, 0.4) is 0 Å². The second-order valence-electron chi connectivity index (χ2n) is 4.75. The van der Waals surface area contributed by atoms with E-state index >= 15 is 0 Å². The fourth-order valence-corrected chi connectivity index (χ4v) is 1.97. The van der Waals surface area contributed by atoms with E-state index < -0.39 is 6.10 Å². The lowest BCUT2D eigenvalue weighted by Gasteiger charge is -2.40. The summed E-state index contributed by atoms with van der Waals surface area (Å²) in [6.07, 6.45) is 4.34. The average molecular weight is 244 g/mol. The number of carbonyl (C=O) groups is 1. The van der Waals surface area contributed by atoms with Crippen molar-refractivity contribution in [3.63, 3.8) is 0 Å². The standard InChI is InChI=1S/C12H24N2O3/c1-3-5-10(15)8-13-11(16)14-9-12(17-2)6-4-7-12/h10,15H,3-9H2,1-2H3,(H2,13,14,16). The third-order valence-electron chi connectivity index (χ3n) is 3.39. The van der Waals surface area contributed by atoms with Crippen molar-refractivity contribution in [3.8, 4) is 0 Å². The van der Waals surface area contributed by atoms with Gasteiger partial charge < -0.3 is 20.5 Å². The number of urea groups is 1. The SMILES string of the molecule is CCCC(O)CNC(=O)NCC1(OC)CCC1. The van der Waals surface area contributed by atoms with Crippen molar-refractivity contribution >= 4 is 6.03 Å². The van der Waals surface area contributed by atoms with Crippen LogP contribution in [-0.2, 0) is 4.74 Å². The van der Waals surface area contributed by atoms with E-state index in [0.29, 0.717) is 19.5 Å². The van der Waals surface area contributed by atoms with E-state index in [4.69, 9.17) is 4.74 Å². The summed E-state index contributed by atoms with van der Waals surface area (Å²) in [5, 5.41) is 14.9. The van der Waals surface area contributed by atoms with E-state index in [1.54, 1.807) is 7.11 Å². The molecule has 0 bridgehead atoms. The van der Waals surface area contributed by atoms with Gasteiger partial charge in [-0.2, -0.15) is 0 Å². The highest BCUT2D eigenvalue weighted by atomic mass is 16.5. The highest BCUT2D eigenvalue weighted by molar-refractivity contribution is 5.73. The van der Waals surface area contributed by atoms with Gasteiger partial charge >= 0.3 is 6.03 Å². The summed E-state index contributed by atoms with van der Waals surface area (Å²) in [6, 6.07) is -0.233. The maximum Gasteiger partial charge on any atom is 0.314 e. The highest BCUT2D eigenvalue weighted by Crippen LogP contribution is 2.34. The molecule has 5 nitrogen and oxygen atoms in total. The maximum absolute atomic E-state index is 11.5. The van der Waals surface area contributed by atoms with Gasteiger partial charge in [-0.3, -0.25) is 0 Å². The monoisotopic (exact) mass is 244 g/mol. The lowest BCUT2D eigenvalue weighted by Crippen LogP contribution is -2.51. The first kappa shape index (κ1) is 14.3. The molecular weight excluding hydrogens is 220 g/mol. The molecule has 17 heavy (non-hydrogen) atoms. The minimum Gasteiger partial charge on any atom is -0.391 e. The summed E-state index contributed by atoms with van der Waals surface area (Å²) in [4.78, 5) is 11.5. The Bertz CT molecular complexity index is 236. The van der Waals surface area contributed by atoms with Crippen LogP contribution in [0.15, 0.2) is 0 Å². The predicted octanol–water partition coefficient (Wildman–Crippen LogP) is 1.02. The number of methoxy groups -OCH3 is 1. The fraction of sp³-hybridized carbons (Fsp3) is 0.917. The molecule has 0 aromatic carbocycles. The van der Waals surface area contributed by atoms with Gasteiger partial charge in [0.15, 0.2) is 0 Å². The van der Waals surface area contributed by atoms with Crippen molar-refractivity contribution in [2.75, 3.05) is 20.2 Å². The lowest BCUT2D eigenvalue weighted by molar-refractivity contribution is -0.0674. The molecule has 1 saturated carbocycles. The molecule has 0 saturated heterocycles. The summed E-state index contributed by atoms with van der Waals surface area (Å²) in [6.45, 7) is 2.85. The van der Waals surface area contributed by atoms with Crippen LogP contribution >= 0.6 is 0 Å². The number of ether oxygens (including phenoxy) is 1. The minimum atomic E-state index is -0.453. The van der Waals surface area contributed by atoms with Crippen molar-refractivity contribution < 1.29 is 14.6 Å². The van der Waals surface area contributed by atoms with Crippen molar-refractivity contribution in [1.29, 1.82) is 0 Å². The second-order valence-corrected chi connectivity index (χ2v) is 4.75. The van der Waals surface area contributed by atoms with Gasteiger partial charge in [-0.05, 0) is 25.7 Å². The highest BCUT2D eigenvalue weighted by Gasteiger charge is 2.37. The molecule has 1 rings (SSSR count). The van der Waals surface area contributed by atoms with Crippen molar-refractivity contribution in [1.82, 2.24) is 10.6 Å². The zero-order valence-electron chi connectivity index (χ0n) is 10.8. The molecule has 0 spiro atoms. The van der Waals surface area contributed by atoms with Gasteiger partial charge in [-0.25, -0.2) is 4.79 Å². The third kappa shape index (κ3) is 4.52. The molecular formula is C12H24N2O3. The van der Waals surface area contributed by atoms with Crippen LogP contribution in [0.25, 0.3) is 0 Å². The van der Waals surface area contributed by atoms with Crippen LogP contribution in [0.2, 0.25) is 0 Å². The van der Waals surface area contributed by atoms with E-state index in [9.17, 15) is 9.90 Å². The van der Waals surface area contributed by atoms with Gasteiger partial charge in [-0.1, -0.05) is 13.3 Å². The molecule has 5 heteroatoms. The van der Waals surface area contributed by atoms with Gasteiger partial charge in [0.25, 0.3) is 0 Å². The van der Waals surface area contributed by atoms with Crippen molar-refractivity contribution in [2.24, 2.45) is 0 Å². The van der Waals surface area contributed by atoms with Gasteiger partial charge in [0, 0.05) is 20.2 Å². The van der Waals surface area contributed by atoms with Gasteiger partial charge in [0.1, 0.15) is 0 Å². The molecule has 100 valence electrons. The number of hydrogen-bond acceptors (Lipinski definition) is 3. The lowest BCUT2D eigenvalue weighted by atomic mass is 9.80. The molecule has 1 fully saturated rings. The number of aliphatic hydroxyl groups is 1. The Balaban J connectivity index is 2.12. The van der Waals surface area contributed by atoms with E-state index in [1.165, 1.54) is 0 Å². The quantitative estimate of drug-likeness (QED) is 0.626. The van der Waals surface area contributed by atoms with Crippen molar-refractivity contribution in [2.45, 2.75) is 50.7 Å². The Morgan fingerprint density at radius 2 is 2.18 bits per heavy atom. The average Bonchev–Trinajstić information content (AvgIpc) is 2.26. The molecule has 1 aliphatic carbocycles. The van der Waals surface area contributed by atoms with E-state index in [2.05, 4.69) is 10.6 Å². The molecule has 0 aliphatic heterocycles. The minimum absolute atomic E-state index is 0.153. The Morgan fingerprint density at radius 3 is 2.65 bits per heavy atom. The topological polar surface area (TPSA) is 70.6 Å². The summed E-state index contributed by atoms with van der Waals surface area (Å²) in [5.41, 5.74) is -0.153. The molecule has 0 aromatic heterocycles. The molecule has 0 heterocycles. The van der Waals surface area contributed by atoms with E-state index in [-0.39, 0.29) is 11.6 Å². The van der Waals surface area contributed by atoms with E-state index in [0.717, 1.165) is 25.7 Å². The normalized spacial score (nSPS) is 19.2. The first-order valence-corrected chi connectivity index (χ1v) is 6.37. The van der Waals surface area contributed by atoms with Crippen molar-refractivity contribution in [3.05, 3.63) is 0 Å². The number of aliphatic hydroxyl groups excluding tert-OH is 1. The van der Waals surface area contributed by atoms with Crippen LogP contribution in [0.1, 0.15) is 39.0 Å². The Morgan fingerprint density at radius 1 is 1.47 bits per heavy atom. The summed E-state index contributed by atoms with van der Waals surface area (Å²) in [7, 11) is 1.68. The van der Waals surface area contributed by atoms with Gasteiger partial charge in [-0.15, -0.1) is 0 Å². The molecule has 2 amide bonds. The Labute approximate surface area is 103 Å².